The molecule has 0 bridgehead atoms. The second-order valence-electron chi connectivity index (χ2n) is 6.43. The summed E-state index contributed by atoms with van der Waals surface area (Å²) in [6.45, 7) is 4.82. The summed E-state index contributed by atoms with van der Waals surface area (Å²) in [5, 5.41) is 0.537. The van der Waals surface area contributed by atoms with Gasteiger partial charge in [0.2, 0.25) is 5.91 Å². The van der Waals surface area contributed by atoms with E-state index in [2.05, 4.69) is 14.8 Å². The molecule has 2 aliphatic rings. The number of pyridine rings is 1. The summed E-state index contributed by atoms with van der Waals surface area (Å²) < 4.78 is 0. The predicted octanol–water partition coefficient (Wildman–Crippen LogP) is 2.96. The van der Waals surface area contributed by atoms with E-state index in [-0.39, 0.29) is 5.92 Å². The second kappa shape index (κ2) is 7.42. The van der Waals surface area contributed by atoms with E-state index < -0.39 is 0 Å². The van der Waals surface area contributed by atoms with Gasteiger partial charge in [0.25, 0.3) is 0 Å². The molecule has 0 atom stereocenters. The van der Waals surface area contributed by atoms with Crippen molar-refractivity contribution in [3.63, 3.8) is 0 Å². The maximum atomic E-state index is 12.5. The Labute approximate surface area is 137 Å². The summed E-state index contributed by atoms with van der Waals surface area (Å²) in [5.74, 6) is 0.630. The van der Waals surface area contributed by atoms with Crippen LogP contribution in [0.4, 0.5) is 0 Å². The quantitative estimate of drug-likeness (QED) is 0.803. The molecular formula is C17H24ClN3O. The van der Waals surface area contributed by atoms with Gasteiger partial charge in [-0.3, -0.25) is 9.69 Å². The number of rotatable bonds is 3. The Morgan fingerprint density at radius 2 is 1.86 bits per heavy atom. The molecule has 0 aromatic carbocycles. The van der Waals surface area contributed by atoms with Gasteiger partial charge in [-0.15, -0.1) is 0 Å². The topological polar surface area (TPSA) is 36.4 Å². The smallest absolute Gasteiger partial charge is 0.225 e. The van der Waals surface area contributed by atoms with Crippen molar-refractivity contribution in [2.45, 2.75) is 38.6 Å². The van der Waals surface area contributed by atoms with E-state index in [1.807, 2.05) is 18.3 Å². The summed E-state index contributed by atoms with van der Waals surface area (Å²) >= 11 is 5.82. The Bertz CT molecular complexity index is 491. The second-order valence-corrected chi connectivity index (χ2v) is 6.81. The largest absolute Gasteiger partial charge is 0.342 e. The molecule has 2 fully saturated rings. The number of halogens is 1. The lowest BCUT2D eigenvalue weighted by Gasteiger charge is -2.35. The van der Waals surface area contributed by atoms with Crippen LogP contribution in [0.15, 0.2) is 18.3 Å². The molecule has 0 aliphatic carbocycles. The highest BCUT2D eigenvalue weighted by Crippen LogP contribution is 2.23. The number of amides is 1. The number of hydrogen-bond acceptors (Lipinski definition) is 3. The minimum atomic E-state index is 0.234. The Morgan fingerprint density at radius 1 is 1.14 bits per heavy atom. The highest BCUT2D eigenvalue weighted by atomic mass is 35.5. The van der Waals surface area contributed by atoms with Gasteiger partial charge >= 0.3 is 0 Å². The van der Waals surface area contributed by atoms with E-state index in [0.29, 0.717) is 11.1 Å². The molecule has 0 unspecified atom stereocenters. The van der Waals surface area contributed by atoms with Gasteiger partial charge in [-0.05, 0) is 56.8 Å². The predicted molar refractivity (Wildman–Crippen MR) is 87.7 cm³/mol. The molecule has 120 valence electrons. The first-order valence-electron chi connectivity index (χ1n) is 8.34. The molecule has 22 heavy (non-hydrogen) atoms. The lowest BCUT2D eigenvalue weighted by Crippen LogP contribution is -2.44. The minimum absolute atomic E-state index is 0.234. The van der Waals surface area contributed by atoms with E-state index in [1.165, 1.54) is 24.8 Å². The van der Waals surface area contributed by atoms with Crippen molar-refractivity contribution in [3.05, 3.63) is 29.0 Å². The number of nitrogens with zero attached hydrogens (tertiary/aromatic N) is 3. The third kappa shape index (κ3) is 3.99. The van der Waals surface area contributed by atoms with E-state index in [1.54, 1.807) is 0 Å². The normalized spacial score (nSPS) is 21.0. The van der Waals surface area contributed by atoms with Gasteiger partial charge < -0.3 is 4.90 Å². The van der Waals surface area contributed by atoms with Crippen LogP contribution in [0.1, 0.15) is 37.7 Å². The minimum Gasteiger partial charge on any atom is -0.342 e. The summed E-state index contributed by atoms with van der Waals surface area (Å²) in [5.41, 5.74) is 1.19. The van der Waals surface area contributed by atoms with Crippen LogP contribution in [0.25, 0.3) is 0 Å². The monoisotopic (exact) mass is 321 g/mol. The van der Waals surface area contributed by atoms with Crippen LogP contribution in [-0.4, -0.2) is 46.9 Å². The number of hydrogen-bond donors (Lipinski definition) is 0. The van der Waals surface area contributed by atoms with Crippen LogP contribution in [0.3, 0.4) is 0 Å². The zero-order valence-electron chi connectivity index (χ0n) is 13.0. The molecule has 0 spiro atoms. The molecule has 2 saturated heterocycles. The van der Waals surface area contributed by atoms with Gasteiger partial charge in [0.15, 0.2) is 0 Å². The molecule has 5 heteroatoms. The zero-order valence-corrected chi connectivity index (χ0v) is 13.8. The van der Waals surface area contributed by atoms with Crippen LogP contribution in [0.2, 0.25) is 5.15 Å². The number of piperidine rings is 2. The Balaban J connectivity index is 1.47. The Kier molecular flexibility index (Phi) is 5.32. The van der Waals surface area contributed by atoms with Gasteiger partial charge in [-0.2, -0.15) is 0 Å². The zero-order chi connectivity index (χ0) is 15.4. The van der Waals surface area contributed by atoms with Crippen LogP contribution in [0, 0.1) is 5.92 Å². The third-order valence-corrected chi connectivity index (χ3v) is 5.02. The van der Waals surface area contributed by atoms with Crippen molar-refractivity contribution < 1.29 is 4.79 Å². The maximum Gasteiger partial charge on any atom is 0.225 e. The number of carbonyl (C=O) groups excluding carboxylic acids is 1. The summed E-state index contributed by atoms with van der Waals surface area (Å²) in [6, 6.07) is 3.86. The molecular weight excluding hydrogens is 298 g/mol. The summed E-state index contributed by atoms with van der Waals surface area (Å²) in [7, 11) is 0. The number of carbonyl (C=O) groups is 1. The van der Waals surface area contributed by atoms with Gasteiger partial charge in [0.05, 0.1) is 0 Å². The van der Waals surface area contributed by atoms with Gasteiger partial charge in [0, 0.05) is 31.7 Å². The molecule has 1 amide bonds. The molecule has 4 nitrogen and oxygen atoms in total. The molecule has 2 aliphatic heterocycles. The lowest BCUT2D eigenvalue weighted by molar-refractivity contribution is -0.138. The van der Waals surface area contributed by atoms with Crippen LogP contribution in [-0.2, 0) is 11.3 Å². The van der Waals surface area contributed by atoms with E-state index in [4.69, 9.17) is 11.6 Å². The number of likely N-dealkylation sites (tertiary alicyclic amines) is 2. The van der Waals surface area contributed by atoms with Crippen LogP contribution >= 0.6 is 11.6 Å². The van der Waals surface area contributed by atoms with Crippen molar-refractivity contribution in [2.75, 3.05) is 26.2 Å². The first-order valence-corrected chi connectivity index (χ1v) is 8.72. The van der Waals surface area contributed by atoms with Crippen molar-refractivity contribution in [1.82, 2.24) is 14.8 Å². The Hall–Kier alpha value is -1.13. The maximum absolute atomic E-state index is 12.5. The van der Waals surface area contributed by atoms with E-state index >= 15 is 0 Å². The summed E-state index contributed by atoms with van der Waals surface area (Å²) in [6.07, 6.45) is 7.43. The van der Waals surface area contributed by atoms with Gasteiger partial charge in [0.1, 0.15) is 5.15 Å². The van der Waals surface area contributed by atoms with Crippen molar-refractivity contribution >= 4 is 17.5 Å². The average molecular weight is 322 g/mol. The fourth-order valence-corrected chi connectivity index (χ4v) is 3.58. The average Bonchev–Trinajstić information content (AvgIpc) is 2.58. The van der Waals surface area contributed by atoms with Gasteiger partial charge in [-0.25, -0.2) is 4.98 Å². The first kappa shape index (κ1) is 15.8. The van der Waals surface area contributed by atoms with E-state index in [0.717, 1.165) is 45.6 Å². The van der Waals surface area contributed by atoms with Crippen molar-refractivity contribution in [1.29, 1.82) is 0 Å². The van der Waals surface area contributed by atoms with Crippen LogP contribution < -0.4 is 0 Å². The molecule has 3 heterocycles. The van der Waals surface area contributed by atoms with Crippen molar-refractivity contribution in [2.24, 2.45) is 5.92 Å². The molecule has 0 radical (unpaired) electrons. The molecule has 1 aromatic rings. The SMILES string of the molecule is O=C(C1CCN(Cc2ccc(Cl)nc2)CC1)N1CCCCC1. The standard InChI is InChI=1S/C17H24ClN3O/c18-16-5-4-14(12-19-16)13-20-10-6-15(7-11-20)17(22)21-8-2-1-3-9-21/h4-5,12,15H,1-3,6-11,13H2. The Morgan fingerprint density at radius 3 is 2.50 bits per heavy atom. The van der Waals surface area contributed by atoms with Gasteiger partial charge in [-0.1, -0.05) is 17.7 Å². The molecule has 3 rings (SSSR count). The highest BCUT2D eigenvalue weighted by Gasteiger charge is 2.29. The summed E-state index contributed by atoms with van der Waals surface area (Å²) in [4.78, 5) is 21.2. The third-order valence-electron chi connectivity index (χ3n) is 4.80. The molecule has 0 N–H and O–H groups in total. The van der Waals surface area contributed by atoms with E-state index in [9.17, 15) is 4.79 Å². The first-order chi connectivity index (χ1) is 10.7. The fourth-order valence-electron chi connectivity index (χ4n) is 3.47. The lowest BCUT2D eigenvalue weighted by atomic mass is 9.94. The number of aromatic nitrogens is 1. The fraction of sp³-hybridized carbons (Fsp3) is 0.647. The van der Waals surface area contributed by atoms with Crippen molar-refractivity contribution in [3.8, 4) is 0 Å². The highest BCUT2D eigenvalue weighted by molar-refractivity contribution is 6.29. The molecule has 1 aromatic heterocycles. The van der Waals surface area contributed by atoms with Crippen LogP contribution in [0.5, 0.6) is 0 Å². The molecule has 0 saturated carbocycles.